The van der Waals surface area contributed by atoms with Gasteiger partial charge >= 0.3 is 0 Å². The molecule has 1 aromatic carbocycles. The number of hydrogen-bond acceptors (Lipinski definition) is 3. The van der Waals surface area contributed by atoms with E-state index in [1.54, 1.807) is 12.1 Å². The molecule has 0 aromatic heterocycles. The summed E-state index contributed by atoms with van der Waals surface area (Å²) < 4.78 is 18.6. The van der Waals surface area contributed by atoms with Gasteiger partial charge in [-0.25, -0.2) is 4.39 Å². The van der Waals surface area contributed by atoms with Crippen molar-refractivity contribution in [2.24, 2.45) is 5.73 Å². The molecule has 3 atom stereocenters. The van der Waals surface area contributed by atoms with Gasteiger partial charge in [0.05, 0.1) is 18.2 Å². The van der Waals surface area contributed by atoms with E-state index in [-0.39, 0.29) is 18.0 Å². The molecule has 3 nitrogen and oxygen atoms in total. The van der Waals surface area contributed by atoms with E-state index >= 15 is 0 Å². The Hall–Kier alpha value is -1.13. The number of anilines is 1. The van der Waals surface area contributed by atoms with Crippen molar-refractivity contribution in [1.29, 1.82) is 0 Å². The number of nitrogens with two attached hydrogens (primary N) is 1. The highest BCUT2D eigenvalue weighted by molar-refractivity contribution is 5.44. The maximum atomic E-state index is 12.8. The van der Waals surface area contributed by atoms with Crippen molar-refractivity contribution in [3.05, 3.63) is 30.1 Å². The highest BCUT2D eigenvalue weighted by Gasteiger charge is 2.28. The van der Waals surface area contributed by atoms with Crippen LogP contribution >= 0.6 is 0 Å². The van der Waals surface area contributed by atoms with Gasteiger partial charge in [0.1, 0.15) is 5.82 Å². The second kappa shape index (κ2) is 5.47. The SMILES string of the molecule is CC1CCC(C(CN)Nc2ccc(F)cc2)O1. The van der Waals surface area contributed by atoms with E-state index in [9.17, 15) is 4.39 Å². The van der Waals surface area contributed by atoms with Crippen molar-refractivity contribution in [2.75, 3.05) is 11.9 Å². The fourth-order valence-electron chi connectivity index (χ4n) is 2.19. The fraction of sp³-hybridized carbons (Fsp3) is 0.538. The van der Waals surface area contributed by atoms with Crippen LogP contribution in [0.4, 0.5) is 10.1 Å². The van der Waals surface area contributed by atoms with Crippen LogP contribution in [0.25, 0.3) is 0 Å². The molecule has 3 N–H and O–H groups in total. The number of benzene rings is 1. The number of rotatable bonds is 4. The fourth-order valence-corrected chi connectivity index (χ4v) is 2.19. The van der Waals surface area contributed by atoms with E-state index in [1.807, 2.05) is 0 Å². The lowest BCUT2D eigenvalue weighted by molar-refractivity contribution is 0.0460. The molecule has 1 heterocycles. The van der Waals surface area contributed by atoms with Gasteiger partial charge in [0, 0.05) is 12.2 Å². The van der Waals surface area contributed by atoms with Crippen molar-refractivity contribution in [3.63, 3.8) is 0 Å². The van der Waals surface area contributed by atoms with Crippen LogP contribution in [-0.2, 0) is 4.74 Å². The first-order valence-corrected chi connectivity index (χ1v) is 6.06. The Kier molecular flexibility index (Phi) is 3.97. The van der Waals surface area contributed by atoms with Gasteiger partial charge in [0.15, 0.2) is 0 Å². The molecule has 94 valence electrons. The van der Waals surface area contributed by atoms with E-state index in [2.05, 4.69) is 12.2 Å². The van der Waals surface area contributed by atoms with Crippen LogP contribution < -0.4 is 11.1 Å². The molecule has 17 heavy (non-hydrogen) atoms. The topological polar surface area (TPSA) is 47.3 Å². The molecule has 1 saturated heterocycles. The molecule has 0 spiro atoms. The van der Waals surface area contributed by atoms with Gasteiger partial charge in [0.25, 0.3) is 0 Å². The summed E-state index contributed by atoms with van der Waals surface area (Å²) in [5.74, 6) is -0.231. The van der Waals surface area contributed by atoms with Gasteiger partial charge < -0.3 is 15.8 Å². The molecule has 1 aromatic rings. The molecule has 4 heteroatoms. The normalized spacial score (nSPS) is 25.8. The van der Waals surface area contributed by atoms with E-state index in [0.29, 0.717) is 12.6 Å². The molecule has 3 unspecified atom stereocenters. The zero-order valence-corrected chi connectivity index (χ0v) is 10.0. The van der Waals surface area contributed by atoms with Crippen LogP contribution in [-0.4, -0.2) is 24.8 Å². The van der Waals surface area contributed by atoms with Crippen LogP contribution in [0.15, 0.2) is 24.3 Å². The molecule has 0 aliphatic carbocycles. The van der Waals surface area contributed by atoms with Crippen LogP contribution in [0.5, 0.6) is 0 Å². The molecular weight excluding hydrogens is 219 g/mol. The summed E-state index contributed by atoms with van der Waals surface area (Å²) in [6.45, 7) is 2.58. The summed E-state index contributed by atoms with van der Waals surface area (Å²) in [6.07, 6.45) is 2.56. The van der Waals surface area contributed by atoms with Crippen LogP contribution in [0.3, 0.4) is 0 Å². The third kappa shape index (κ3) is 3.17. The lowest BCUT2D eigenvalue weighted by Crippen LogP contribution is -2.40. The van der Waals surface area contributed by atoms with Crippen LogP contribution in [0.2, 0.25) is 0 Å². The van der Waals surface area contributed by atoms with Crippen molar-refractivity contribution in [2.45, 2.75) is 38.0 Å². The maximum Gasteiger partial charge on any atom is 0.123 e. The van der Waals surface area contributed by atoms with Crippen molar-refractivity contribution >= 4 is 5.69 Å². The van der Waals surface area contributed by atoms with Gasteiger partial charge in [-0.2, -0.15) is 0 Å². The number of halogens is 1. The molecule has 1 fully saturated rings. The average Bonchev–Trinajstić information content (AvgIpc) is 2.75. The first-order valence-electron chi connectivity index (χ1n) is 6.06. The summed E-state index contributed by atoms with van der Waals surface area (Å²) in [4.78, 5) is 0. The monoisotopic (exact) mass is 238 g/mol. The number of hydrogen-bond donors (Lipinski definition) is 2. The Balaban J connectivity index is 1.97. The Morgan fingerprint density at radius 3 is 2.65 bits per heavy atom. The second-order valence-electron chi connectivity index (χ2n) is 4.56. The van der Waals surface area contributed by atoms with Crippen LogP contribution in [0, 0.1) is 5.82 Å². The minimum absolute atomic E-state index is 0.0883. The molecular formula is C13H19FN2O. The first kappa shape index (κ1) is 12.3. The lowest BCUT2D eigenvalue weighted by atomic mass is 10.1. The standard InChI is InChI=1S/C13H19FN2O/c1-9-2-7-13(17-9)12(8-15)16-11-5-3-10(14)4-6-11/h3-6,9,12-13,16H,2,7-8,15H2,1H3. The van der Waals surface area contributed by atoms with E-state index in [0.717, 1.165) is 18.5 Å². The Labute approximate surface area is 101 Å². The van der Waals surface area contributed by atoms with Crippen LogP contribution in [0.1, 0.15) is 19.8 Å². The van der Waals surface area contributed by atoms with Crippen molar-refractivity contribution in [3.8, 4) is 0 Å². The zero-order valence-electron chi connectivity index (χ0n) is 10.0. The molecule has 1 aliphatic heterocycles. The lowest BCUT2D eigenvalue weighted by Gasteiger charge is -2.24. The average molecular weight is 238 g/mol. The molecule has 0 bridgehead atoms. The number of ether oxygens (including phenoxy) is 1. The van der Waals surface area contributed by atoms with Crippen molar-refractivity contribution < 1.29 is 9.13 Å². The van der Waals surface area contributed by atoms with E-state index < -0.39 is 0 Å². The highest BCUT2D eigenvalue weighted by Crippen LogP contribution is 2.23. The third-order valence-corrected chi connectivity index (χ3v) is 3.16. The van der Waals surface area contributed by atoms with Gasteiger partial charge in [0.2, 0.25) is 0 Å². The predicted molar refractivity (Wildman–Crippen MR) is 66.4 cm³/mol. The molecule has 0 amide bonds. The highest BCUT2D eigenvalue weighted by atomic mass is 19.1. The molecule has 0 radical (unpaired) electrons. The Morgan fingerprint density at radius 1 is 1.41 bits per heavy atom. The van der Waals surface area contributed by atoms with Gasteiger partial charge in [-0.05, 0) is 44.0 Å². The zero-order chi connectivity index (χ0) is 12.3. The summed E-state index contributed by atoms with van der Waals surface area (Å²) >= 11 is 0. The Morgan fingerprint density at radius 2 is 2.12 bits per heavy atom. The molecule has 2 rings (SSSR count). The largest absolute Gasteiger partial charge is 0.378 e. The Bertz CT molecular complexity index is 355. The van der Waals surface area contributed by atoms with Gasteiger partial charge in [-0.15, -0.1) is 0 Å². The van der Waals surface area contributed by atoms with Crippen molar-refractivity contribution in [1.82, 2.24) is 0 Å². The minimum Gasteiger partial charge on any atom is -0.378 e. The molecule has 0 saturated carbocycles. The summed E-state index contributed by atoms with van der Waals surface area (Å²) in [7, 11) is 0. The number of nitrogens with one attached hydrogen (secondary N) is 1. The third-order valence-electron chi connectivity index (χ3n) is 3.16. The van der Waals surface area contributed by atoms with Gasteiger partial charge in [-0.1, -0.05) is 0 Å². The van der Waals surface area contributed by atoms with E-state index in [4.69, 9.17) is 10.5 Å². The molecule has 1 aliphatic rings. The van der Waals surface area contributed by atoms with Gasteiger partial charge in [-0.3, -0.25) is 0 Å². The second-order valence-corrected chi connectivity index (χ2v) is 4.56. The predicted octanol–water partition coefficient (Wildman–Crippen LogP) is 2.13. The summed E-state index contributed by atoms with van der Waals surface area (Å²) in [6, 6.07) is 6.40. The quantitative estimate of drug-likeness (QED) is 0.844. The smallest absolute Gasteiger partial charge is 0.123 e. The summed E-state index contributed by atoms with van der Waals surface area (Å²) in [5.41, 5.74) is 6.64. The minimum atomic E-state index is -0.231. The first-order chi connectivity index (χ1) is 8.19. The summed E-state index contributed by atoms with van der Waals surface area (Å²) in [5, 5.41) is 3.30. The maximum absolute atomic E-state index is 12.8. The van der Waals surface area contributed by atoms with E-state index in [1.165, 1.54) is 12.1 Å².